The number of fused-ring (bicyclic) bond motifs is 2. The molecule has 0 saturated carbocycles. The van der Waals surface area contributed by atoms with Crippen LogP contribution in [0.3, 0.4) is 0 Å². The number of aromatic nitrogens is 2. The SMILES string of the molecule is COc1ccc(-n2nc(-c3ccccc3)c3c2N(CC(=O)NC(C)C)C(=O)CS[C@H]3c2ccc3c(c2)OCO3)cc1. The molecule has 0 aliphatic carbocycles. The molecule has 0 fully saturated rings. The van der Waals surface area contributed by atoms with E-state index >= 15 is 0 Å². The molecule has 1 aromatic heterocycles. The Morgan fingerprint density at radius 2 is 1.83 bits per heavy atom. The zero-order chi connectivity index (χ0) is 28.5. The van der Waals surface area contributed by atoms with Gasteiger partial charge in [0.2, 0.25) is 18.6 Å². The van der Waals surface area contributed by atoms with Gasteiger partial charge in [-0.25, -0.2) is 4.68 Å². The summed E-state index contributed by atoms with van der Waals surface area (Å²) < 4.78 is 18.4. The lowest BCUT2D eigenvalue weighted by Gasteiger charge is -2.24. The zero-order valence-electron chi connectivity index (χ0n) is 23.0. The molecule has 0 bridgehead atoms. The van der Waals surface area contributed by atoms with Crippen LogP contribution >= 0.6 is 11.8 Å². The van der Waals surface area contributed by atoms with Gasteiger partial charge in [-0.2, -0.15) is 5.10 Å². The van der Waals surface area contributed by atoms with Gasteiger partial charge in [-0.1, -0.05) is 36.4 Å². The lowest BCUT2D eigenvalue weighted by atomic mass is 9.99. The largest absolute Gasteiger partial charge is 0.497 e. The van der Waals surface area contributed by atoms with Crippen molar-refractivity contribution in [1.29, 1.82) is 0 Å². The van der Waals surface area contributed by atoms with Crippen molar-refractivity contribution in [3.63, 3.8) is 0 Å². The highest BCUT2D eigenvalue weighted by atomic mass is 32.2. The van der Waals surface area contributed by atoms with E-state index in [0.717, 1.165) is 28.1 Å². The number of amides is 2. The number of benzene rings is 3. The maximum atomic E-state index is 13.8. The molecule has 2 aliphatic heterocycles. The van der Waals surface area contributed by atoms with Crippen LogP contribution in [-0.2, 0) is 9.59 Å². The quantitative estimate of drug-likeness (QED) is 0.335. The fourth-order valence-electron chi connectivity index (χ4n) is 5.08. The van der Waals surface area contributed by atoms with E-state index in [1.807, 2.05) is 86.6 Å². The summed E-state index contributed by atoms with van der Waals surface area (Å²) in [4.78, 5) is 28.5. The monoisotopic (exact) mass is 570 g/mol. The first-order valence-electron chi connectivity index (χ1n) is 13.4. The van der Waals surface area contributed by atoms with Gasteiger partial charge in [-0.3, -0.25) is 14.5 Å². The minimum atomic E-state index is -0.274. The minimum Gasteiger partial charge on any atom is -0.497 e. The van der Waals surface area contributed by atoms with Crippen LogP contribution in [0.15, 0.2) is 72.8 Å². The summed E-state index contributed by atoms with van der Waals surface area (Å²) in [6.07, 6.45) is 0. The summed E-state index contributed by atoms with van der Waals surface area (Å²) in [6, 6.07) is 23.2. The predicted octanol–water partition coefficient (Wildman–Crippen LogP) is 4.97. The molecular formula is C31H30N4O5S. The molecule has 2 aliphatic rings. The molecule has 1 atom stereocenters. The van der Waals surface area contributed by atoms with Gasteiger partial charge in [0.05, 0.1) is 29.5 Å². The van der Waals surface area contributed by atoms with Crippen LogP contribution in [0, 0.1) is 0 Å². The summed E-state index contributed by atoms with van der Waals surface area (Å²) in [6.45, 7) is 3.83. The summed E-state index contributed by atoms with van der Waals surface area (Å²) in [7, 11) is 1.61. The number of nitrogens with zero attached hydrogens (tertiary/aromatic N) is 3. The van der Waals surface area contributed by atoms with E-state index in [1.165, 1.54) is 11.8 Å². The van der Waals surface area contributed by atoms with Gasteiger partial charge < -0.3 is 19.5 Å². The Morgan fingerprint density at radius 1 is 1.07 bits per heavy atom. The Kier molecular flexibility index (Phi) is 7.32. The lowest BCUT2D eigenvalue weighted by Crippen LogP contribution is -2.44. The highest BCUT2D eigenvalue weighted by Crippen LogP contribution is 2.50. The van der Waals surface area contributed by atoms with Gasteiger partial charge >= 0.3 is 0 Å². The molecule has 4 aromatic rings. The number of carbonyl (C=O) groups is 2. The Bertz CT molecular complexity index is 1590. The summed E-state index contributed by atoms with van der Waals surface area (Å²) in [5.74, 6) is 2.38. The number of carbonyl (C=O) groups excluding carboxylic acids is 2. The molecule has 0 unspecified atom stereocenters. The number of rotatable bonds is 7. The van der Waals surface area contributed by atoms with E-state index in [1.54, 1.807) is 16.7 Å². The highest BCUT2D eigenvalue weighted by Gasteiger charge is 2.38. The van der Waals surface area contributed by atoms with Crippen LogP contribution in [0.2, 0.25) is 0 Å². The van der Waals surface area contributed by atoms with Crippen LogP contribution in [0.1, 0.15) is 30.2 Å². The molecular weight excluding hydrogens is 540 g/mol. The summed E-state index contributed by atoms with van der Waals surface area (Å²) in [5.41, 5.74) is 4.17. The number of hydrogen-bond acceptors (Lipinski definition) is 7. The molecule has 41 heavy (non-hydrogen) atoms. The van der Waals surface area contributed by atoms with E-state index in [9.17, 15) is 9.59 Å². The van der Waals surface area contributed by atoms with Crippen molar-refractivity contribution < 1.29 is 23.8 Å². The van der Waals surface area contributed by atoms with Crippen LogP contribution < -0.4 is 24.4 Å². The van der Waals surface area contributed by atoms with Gasteiger partial charge in [0.15, 0.2) is 11.5 Å². The van der Waals surface area contributed by atoms with Crippen molar-refractivity contribution in [1.82, 2.24) is 15.1 Å². The Balaban J connectivity index is 1.60. The number of hydrogen-bond donors (Lipinski definition) is 1. The third kappa shape index (κ3) is 5.22. The first-order valence-corrected chi connectivity index (χ1v) is 14.4. The van der Waals surface area contributed by atoms with E-state index < -0.39 is 0 Å². The topological polar surface area (TPSA) is 94.9 Å². The fraction of sp³-hybridized carbons (Fsp3) is 0.258. The molecule has 10 heteroatoms. The van der Waals surface area contributed by atoms with Gasteiger partial charge in [0.25, 0.3) is 0 Å². The standard InChI is InChI=1S/C31H30N4O5S/c1-19(2)32-26(36)16-34-27(37)17-41-30(21-9-14-24-25(15-21)40-18-39-24)28-29(20-7-5-4-6-8-20)33-35(31(28)34)22-10-12-23(38-3)13-11-22/h4-15,19,30H,16-18H2,1-3H3,(H,32,36)/t30-/m0/s1. The van der Waals surface area contributed by atoms with Crippen molar-refractivity contribution in [2.75, 3.05) is 31.1 Å². The molecule has 2 amide bonds. The average Bonchev–Trinajstić information content (AvgIpc) is 3.58. The van der Waals surface area contributed by atoms with E-state index in [0.29, 0.717) is 23.1 Å². The molecule has 9 nitrogen and oxygen atoms in total. The number of methoxy groups -OCH3 is 1. The Morgan fingerprint density at radius 3 is 2.56 bits per heavy atom. The zero-order valence-corrected chi connectivity index (χ0v) is 23.8. The maximum absolute atomic E-state index is 13.8. The first-order chi connectivity index (χ1) is 19.9. The Hall–Kier alpha value is -4.44. The van der Waals surface area contributed by atoms with Gasteiger partial charge in [0.1, 0.15) is 18.1 Å². The van der Waals surface area contributed by atoms with Crippen LogP contribution in [0.4, 0.5) is 5.82 Å². The molecule has 6 rings (SSSR count). The molecule has 3 heterocycles. The third-order valence-electron chi connectivity index (χ3n) is 6.90. The van der Waals surface area contributed by atoms with Gasteiger partial charge in [-0.05, 0) is 55.8 Å². The second kappa shape index (κ2) is 11.2. The number of anilines is 1. The second-order valence-electron chi connectivity index (χ2n) is 10.1. The van der Waals surface area contributed by atoms with Crippen LogP contribution in [-0.4, -0.2) is 53.8 Å². The van der Waals surface area contributed by atoms with Gasteiger partial charge in [-0.15, -0.1) is 11.8 Å². The van der Waals surface area contributed by atoms with E-state index in [2.05, 4.69) is 5.32 Å². The molecule has 3 aromatic carbocycles. The minimum absolute atomic E-state index is 0.0637. The van der Waals surface area contributed by atoms with E-state index in [4.69, 9.17) is 19.3 Å². The summed E-state index contributed by atoms with van der Waals surface area (Å²) >= 11 is 1.51. The molecule has 0 radical (unpaired) electrons. The number of nitrogens with one attached hydrogen (secondary N) is 1. The Labute approximate surface area is 242 Å². The van der Waals surface area contributed by atoms with Crippen molar-refractivity contribution in [2.24, 2.45) is 0 Å². The van der Waals surface area contributed by atoms with Crippen LogP contribution in [0.25, 0.3) is 16.9 Å². The summed E-state index contributed by atoms with van der Waals surface area (Å²) in [5, 5.41) is 7.77. The van der Waals surface area contributed by atoms with E-state index in [-0.39, 0.29) is 42.2 Å². The molecule has 210 valence electrons. The number of ether oxygens (including phenoxy) is 3. The maximum Gasteiger partial charge on any atom is 0.240 e. The van der Waals surface area contributed by atoms with Crippen molar-refractivity contribution in [3.8, 4) is 34.2 Å². The van der Waals surface area contributed by atoms with Gasteiger partial charge in [0, 0.05) is 17.2 Å². The van der Waals surface area contributed by atoms with Crippen molar-refractivity contribution >= 4 is 29.4 Å². The molecule has 1 N–H and O–H groups in total. The number of thioether (sulfide) groups is 1. The third-order valence-corrected chi connectivity index (χ3v) is 8.16. The second-order valence-corrected chi connectivity index (χ2v) is 11.2. The molecule has 0 spiro atoms. The van der Waals surface area contributed by atoms with Crippen LogP contribution in [0.5, 0.6) is 17.2 Å². The molecule has 0 saturated heterocycles. The lowest BCUT2D eigenvalue weighted by molar-refractivity contribution is -0.123. The predicted molar refractivity (Wildman–Crippen MR) is 158 cm³/mol. The smallest absolute Gasteiger partial charge is 0.240 e. The highest BCUT2D eigenvalue weighted by molar-refractivity contribution is 8.00. The van der Waals surface area contributed by atoms with Crippen molar-refractivity contribution in [2.45, 2.75) is 25.1 Å². The average molecular weight is 571 g/mol. The fourth-order valence-corrected chi connectivity index (χ4v) is 6.27. The first kappa shape index (κ1) is 26.8. The van der Waals surface area contributed by atoms with Crippen molar-refractivity contribution in [3.05, 3.63) is 83.9 Å². The normalized spacial score (nSPS) is 16.0.